The van der Waals surface area contributed by atoms with Crippen molar-refractivity contribution in [3.05, 3.63) is 0 Å². The summed E-state index contributed by atoms with van der Waals surface area (Å²) in [4.78, 5) is 2.69. The van der Waals surface area contributed by atoms with E-state index in [1.165, 1.54) is 25.3 Å². The zero-order chi connectivity index (χ0) is 11.8. The number of hydrogen-bond donors (Lipinski definition) is 1. The van der Waals surface area contributed by atoms with Crippen LogP contribution in [0.1, 0.15) is 27.2 Å². The number of thioether (sulfide) groups is 2. The van der Waals surface area contributed by atoms with E-state index in [1.807, 2.05) is 0 Å². The average molecular weight is 260 g/mol. The maximum atomic E-state index is 6.09. The van der Waals surface area contributed by atoms with E-state index < -0.39 is 0 Å². The van der Waals surface area contributed by atoms with Crippen LogP contribution in [0, 0.1) is 0 Å². The molecule has 0 aromatic carbocycles. The highest BCUT2D eigenvalue weighted by atomic mass is 32.2. The Kier molecular flexibility index (Phi) is 4.15. The molecule has 4 atom stereocenters. The summed E-state index contributed by atoms with van der Waals surface area (Å²) in [6.45, 7) is 10.3. The predicted octanol–water partition coefficient (Wildman–Crippen LogP) is 2.04. The van der Waals surface area contributed by atoms with E-state index in [0.717, 1.165) is 22.3 Å². The van der Waals surface area contributed by atoms with Crippen molar-refractivity contribution in [3.63, 3.8) is 0 Å². The van der Waals surface area contributed by atoms with Crippen molar-refractivity contribution >= 4 is 23.5 Å². The molecule has 0 aliphatic carbocycles. The van der Waals surface area contributed by atoms with Crippen LogP contribution in [-0.2, 0) is 0 Å². The minimum atomic E-state index is 0.299. The Balaban J connectivity index is 2.09. The normalized spacial score (nSPS) is 46.1. The molecule has 4 unspecified atom stereocenters. The fourth-order valence-corrected chi connectivity index (χ4v) is 5.77. The Bertz CT molecular complexity index is 239. The molecule has 0 amide bonds. The molecular weight excluding hydrogens is 236 g/mol. The Labute approximate surface area is 108 Å². The van der Waals surface area contributed by atoms with Gasteiger partial charge in [0.1, 0.15) is 0 Å². The summed E-state index contributed by atoms with van der Waals surface area (Å²) in [7, 11) is 0. The van der Waals surface area contributed by atoms with Gasteiger partial charge in [-0.3, -0.25) is 4.90 Å². The first-order valence-electron chi connectivity index (χ1n) is 6.28. The highest BCUT2D eigenvalue weighted by Gasteiger charge is 2.44. The number of rotatable bonds is 2. The summed E-state index contributed by atoms with van der Waals surface area (Å²) in [5.41, 5.74) is 6.39. The fourth-order valence-electron chi connectivity index (χ4n) is 3.01. The van der Waals surface area contributed by atoms with Gasteiger partial charge in [-0.2, -0.15) is 23.5 Å². The maximum absolute atomic E-state index is 6.09. The summed E-state index contributed by atoms with van der Waals surface area (Å²) in [6, 6.07) is 0. The van der Waals surface area contributed by atoms with Crippen LogP contribution in [0.15, 0.2) is 0 Å². The molecule has 2 aliphatic heterocycles. The molecule has 0 radical (unpaired) electrons. The van der Waals surface area contributed by atoms with Gasteiger partial charge >= 0.3 is 0 Å². The molecule has 2 aliphatic rings. The van der Waals surface area contributed by atoms with E-state index >= 15 is 0 Å². The van der Waals surface area contributed by atoms with Gasteiger partial charge in [0, 0.05) is 46.7 Å². The third-order valence-electron chi connectivity index (χ3n) is 3.77. The van der Waals surface area contributed by atoms with Crippen molar-refractivity contribution in [2.45, 2.75) is 48.5 Å². The number of hydrogen-bond acceptors (Lipinski definition) is 4. The second-order valence-corrected chi connectivity index (χ2v) is 8.72. The van der Waals surface area contributed by atoms with Gasteiger partial charge in [0.15, 0.2) is 0 Å². The first-order chi connectivity index (χ1) is 7.55. The highest BCUT2D eigenvalue weighted by Crippen LogP contribution is 2.40. The van der Waals surface area contributed by atoms with Gasteiger partial charge in [0.05, 0.1) is 0 Å². The smallest absolute Gasteiger partial charge is 0.0433 e. The average Bonchev–Trinajstić information content (AvgIpc) is 2.60. The Morgan fingerprint density at radius 1 is 1.19 bits per heavy atom. The van der Waals surface area contributed by atoms with Crippen LogP contribution < -0.4 is 5.73 Å². The van der Waals surface area contributed by atoms with Gasteiger partial charge in [-0.25, -0.2) is 0 Å². The molecule has 2 heterocycles. The first kappa shape index (κ1) is 13.1. The fraction of sp³-hybridized carbons (Fsp3) is 1.00. The van der Waals surface area contributed by atoms with Gasteiger partial charge in [-0.05, 0) is 6.42 Å². The molecule has 2 saturated heterocycles. The van der Waals surface area contributed by atoms with Crippen molar-refractivity contribution in [3.8, 4) is 0 Å². The maximum Gasteiger partial charge on any atom is 0.0433 e. The summed E-state index contributed by atoms with van der Waals surface area (Å²) < 4.78 is 0. The lowest BCUT2D eigenvalue weighted by molar-refractivity contribution is 0.110. The zero-order valence-electron chi connectivity index (χ0n) is 10.6. The summed E-state index contributed by atoms with van der Waals surface area (Å²) >= 11 is 4.22. The lowest BCUT2D eigenvalue weighted by atomic mass is 9.93. The molecule has 0 spiro atoms. The number of nitrogens with two attached hydrogens (primary N) is 1. The largest absolute Gasteiger partial charge is 0.329 e. The van der Waals surface area contributed by atoms with Crippen LogP contribution in [-0.4, -0.2) is 51.6 Å². The lowest BCUT2D eigenvalue weighted by Crippen LogP contribution is -2.59. The van der Waals surface area contributed by atoms with E-state index in [-0.39, 0.29) is 0 Å². The minimum absolute atomic E-state index is 0.299. The Hall–Kier alpha value is 0.620. The van der Waals surface area contributed by atoms with Crippen LogP contribution in [0.2, 0.25) is 0 Å². The molecule has 94 valence electrons. The van der Waals surface area contributed by atoms with Crippen LogP contribution >= 0.6 is 23.5 Å². The summed E-state index contributed by atoms with van der Waals surface area (Å²) in [5, 5.41) is 2.30. The van der Waals surface area contributed by atoms with Crippen molar-refractivity contribution in [2.75, 3.05) is 25.4 Å². The Morgan fingerprint density at radius 2 is 1.81 bits per heavy atom. The molecule has 16 heavy (non-hydrogen) atoms. The number of nitrogens with zero attached hydrogens (tertiary/aromatic N) is 1. The molecule has 0 aromatic rings. The molecule has 0 saturated carbocycles. The monoisotopic (exact) mass is 260 g/mol. The van der Waals surface area contributed by atoms with E-state index in [1.54, 1.807) is 0 Å². The summed E-state index contributed by atoms with van der Waals surface area (Å²) in [6.07, 6.45) is 1.28. The van der Waals surface area contributed by atoms with E-state index in [4.69, 9.17) is 5.73 Å². The van der Waals surface area contributed by atoms with Gasteiger partial charge in [-0.1, -0.05) is 20.8 Å². The van der Waals surface area contributed by atoms with Gasteiger partial charge in [0.25, 0.3) is 0 Å². The molecule has 0 aromatic heterocycles. The van der Waals surface area contributed by atoms with Gasteiger partial charge < -0.3 is 5.73 Å². The van der Waals surface area contributed by atoms with Crippen molar-refractivity contribution < 1.29 is 0 Å². The Morgan fingerprint density at radius 3 is 2.25 bits per heavy atom. The zero-order valence-corrected chi connectivity index (χ0v) is 12.2. The first-order valence-corrected chi connectivity index (χ1v) is 8.27. The third kappa shape index (κ3) is 2.55. The van der Waals surface area contributed by atoms with Crippen LogP contribution in [0.3, 0.4) is 0 Å². The van der Waals surface area contributed by atoms with Crippen molar-refractivity contribution in [1.29, 1.82) is 0 Å². The molecule has 2 nitrogen and oxygen atoms in total. The SMILES string of the molecule is CC1CC(CN)(N2CC(C)SC(C)C2)CS1. The van der Waals surface area contributed by atoms with Crippen LogP contribution in [0.5, 0.6) is 0 Å². The lowest BCUT2D eigenvalue weighted by Gasteiger charge is -2.46. The third-order valence-corrected chi connectivity index (χ3v) is 6.44. The van der Waals surface area contributed by atoms with Gasteiger partial charge in [0.2, 0.25) is 0 Å². The molecule has 4 heteroatoms. The molecule has 2 fully saturated rings. The molecular formula is C12H24N2S2. The molecule has 2 rings (SSSR count). The molecule has 0 bridgehead atoms. The molecule has 2 N–H and O–H groups in total. The van der Waals surface area contributed by atoms with E-state index in [2.05, 4.69) is 49.2 Å². The second-order valence-electron chi connectivity index (χ2n) is 5.42. The standard InChI is InChI=1S/C12H24N2S2/c1-9-4-12(7-13,8-15-9)14-5-10(2)16-11(3)6-14/h9-11H,4-8,13H2,1-3H3. The van der Waals surface area contributed by atoms with Crippen LogP contribution in [0.25, 0.3) is 0 Å². The predicted molar refractivity (Wildman–Crippen MR) is 76.4 cm³/mol. The van der Waals surface area contributed by atoms with E-state index in [0.29, 0.717) is 5.54 Å². The minimum Gasteiger partial charge on any atom is -0.329 e. The second kappa shape index (κ2) is 5.09. The van der Waals surface area contributed by atoms with Gasteiger partial charge in [-0.15, -0.1) is 0 Å². The van der Waals surface area contributed by atoms with Crippen molar-refractivity contribution in [1.82, 2.24) is 4.90 Å². The van der Waals surface area contributed by atoms with Crippen molar-refractivity contribution in [2.24, 2.45) is 5.73 Å². The highest BCUT2D eigenvalue weighted by molar-refractivity contribution is 8.00. The van der Waals surface area contributed by atoms with Crippen LogP contribution in [0.4, 0.5) is 0 Å². The summed E-state index contributed by atoms with van der Waals surface area (Å²) in [5.74, 6) is 1.23. The van der Waals surface area contributed by atoms with E-state index in [9.17, 15) is 0 Å². The quantitative estimate of drug-likeness (QED) is 0.823. The topological polar surface area (TPSA) is 29.3 Å².